The van der Waals surface area contributed by atoms with Gasteiger partial charge in [0.15, 0.2) is 5.66 Å². The number of amides is 1. The summed E-state index contributed by atoms with van der Waals surface area (Å²) >= 11 is 4.04. The zero-order chi connectivity index (χ0) is 17.3. The van der Waals surface area contributed by atoms with Crippen LogP contribution < -0.4 is 4.90 Å². The summed E-state index contributed by atoms with van der Waals surface area (Å²) < 4.78 is 0. The van der Waals surface area contributed by atoms with Gasteiger partial charge in [-0.2, -0.15) is 10.2 Å². The molecule has 0 atom stereocenters. The molecule has 0 bridgehead atoms. The SMILES string of the molecule is CC(C)(C)N=NC(C)(C)N(C(=O)S)c1ccc2ccccc2c1. The minimum absolute atomic E-state index is 0.300. The van der Waals surface area contributed by atoms with Gasteiger partial charge in [-0.3, -0.25) is 9.69 Å². The lowest BCUT2D eigenvalue weighted by molar-refractivity contribution is 0.259. The molecule has 0 spiro atoms. The van der Waals surface area contributed by atoms with Crippen molar-refractivity contribution in [1.82, 2.24) is 0 Å². The molecule has 4 nitrogen and oxygen atoms in total. The van der Waals surface area contributed by atoms with Gasteiger partial charge in [0.2, 0.25) is 0 Å². The summed E-state index contributed by atoms with van der Waals surface area (Å²) in [5, 5.41) is 10.5. The second kappa shape index (κ2) is 6.32. The molecule has 0 heterocycles. The van der Waals surface area contributed by atoms with E-state index in [9.17, 15) is 4.79 Å². The fraction of sp³-hybridized carbons (Fsp3) is 0.389. The molecular weight excluding hydrogens is 306 g/mol. The van der Waals surface area contributed by atoms with Crippen LogP contribution in [0.2, 0.25) is 0 Å². The Morgan fingerprint density at radius 3 is 2.13 bits per heavy atom. The molecule has 2 rings (SSSR count). The molecule has 122 valence electrons. The average molecular weight is 329 g/mol. The van der Waals surface area contributed by atoms with E-state index in [4.69, 9.17) is 0 Å². The second-order valence-electron chi connectivity index (χ2n) is 7.01. The lowest BCUT2D eigenvalue weighted by Crippen LogP contribution is -2.44. The number of hydrogen-bond donors (Lipinski definition) is 1. The van der Waals surface area contributed by atoms with Crippen LogP contribution in [0.15, 0.2) is 52.7 Å². The number of carbonyl (C=O) groups excluding carboxylic acids is 1. The number of carbonyl (C=O) groups is 1. The molecule has 0 saturated carbocycles. The van der Waals surface area contributed by atoms with Crippen molar-refractivity contribution < 1.29 is 4.79 Å². The van der Waals surface area contributed by atoms with Gasteiger partial charge >= 0.3 is 0 Å². The van der Waals surface area contributed by atoms with E-state index in [1.165, 1.54) is 0 Å². The summed E-state index contributed by atoms with van der Waals surface area (Å²) in [4.78, 5) is 13.7. The summed E-state index contributed by atoms with van der Waals surface area (Å²) in [6, 6.07) is 13.9. The van der Waals surface area contributed by atoms with Crippen molar-refractivity contribution >= 4 is 34.3 Å². The van der Waals surface area contributed by atoms with Gasteiger partial charge in [0.25, 0.3) is 5.24 Å². The zero-order valence-corrected chi connectivity index (χ0v) is 15.1. The molecule has 5 heteroatoms. The van der Waals surface area contributed by atoms with Crippen LogP contribution in [0.4, 0.5) is 10.5 Å². The lowest BCUT2D eigenvalue weighted by Gasteiger charge is -2.34. The molecule has 0 aromatic heterocycles. The number of azo groups is 1. The number of fused-ring (bicyclic) bond motifs is 1. The molecule has 2 aromatic rings. The maximum Gasteiger partial charge on any atom is 0.285 e. The fourth-order valence-electron chi connectivity index (χ4n) is 2.29. The number of thiol groups is 1. The quantitative estimate of drug-likeness (QED) is 0.571. The van der Waals surface area contributed by atoms with E-state index in [-0.39, 0.29) is 10.8 Å². The van der Waals surface area contributed by atoms with Crippen LogP contribution in [0.5, 0.6) is 0 Å². The van der Waals surface area contributed by atoms with Gasteiger partial charge in [-0.05, 0) is 57.5 Å². The number of hydrogen-bond acceptors (Lipinski definition) is 3. The Hall–Kier alpha value is -1.88. The van der Waals surface area contributed by atoms with Crippen LogP contribution in [0.1, 0.15) is 34.6 Å². The molecule has 2 aromatic carbocycles. The highest BCUT2D eigenvalue weighted by molar-refractivity contribution is 7.96. The zero-order valence-electron chi connectivity index (χ0n) is 14.2. The molecular formula is C18H23N3OS. The molecule has 1 amide bonds. The van der Waals surface area contributed by atoms with E-state index in [0.717, 1.165) is 16.5 Å². The Labute approximate surface area is 143 Å². The maximum absolute atomic E-state index is 12.1. The Morgan fingerprint density at radius 1 is 0.957 bits per heavy atom. The van der Waals surface area contributed by atoms with Crippen LogP contribution in [-0.2, 0) is 0 Å². The first kappa shape index (κ1) is 17.5. The highest BCUT2D eigenvalue weighted by Gasteiger charge is 2.31. The Morgan fingerprint density at radius 2 is 1.57 bits per heavy atom. The standard InChI is InChI=1S/C18H23N3OS/c1-17(2,3)19-20-18(4,5)21(16(22)23)15-11-10-13-8-6-7-9-14(13)12-15/h6-12H,1-5H3,(H,22,23). The van der Waals surface area contributed by atoms with Gasteiger partial charge in [0.1, 0.15) is 0 Å². The highest BCUT2D eigenvalue weighted by atomic mass is 32.1. The average Bonchev–Trinajstić information content (AvgIpc) is 2.44. The molecule has 0 radical (unpaired) electrons. The molecule has 0 aliphatic rings. The number of nitrogens with zero attached hydrogens (tertiary/aromatic N) is 3. The van der Waals surface area contributed by atoms with Crippen LogP contribution in [0.25, 0.3) is 10.8 Å². The van der Waals surface area contributed by atoms with Gasteiger partial charge in [-0.25, -0.2) is 0 Å². The summed E-state index contributed by atoms with van der Waals surface area (Å²) in [5.74, 6) is 0. The Balaban J connectivity index is 2.47. The second-order valence-corrected chi connectivity index (χ2v) is 7.40. The minimum Gasteiger partial charge on any atom is -0.277 e. The van der Waals surface area contributed by atoms with E-state index in [2.05, 4.69) is 22.9 Å². The Kier molecular flexibility index (Phi) is 4.80. The first-order chi connectivity index (χ1) is 10.6. The number of anilines is 1. The van der Waals surface area contributed by atoms with Crippen molar-refractivity contribution in [3.05, 3.63) is 42.5 Å². The van der Waals surface area contributed by atoms with E-state index < -0.39 is 5.66 Å². The van der Waals surface area contributed by atoms with Crippen LogP contribution in [-0.4, -0.2) is 16.4 Å². The summed E-state index contributed by atoms with van der Waals surface area (Å²) in [7, 11) is 0. The number of rotatable bonds is 3. The van der Waals surface area contributed by atoms with E-state index in [1.54, 1.807) is 4.90 Å². The molecule has 0 N–H and O–H groups in total. The largest absolute Gasteiger partial charge is 0.285 e. The highest BCUT2D eigenvalue weighted by Crippen LogP contribution is 2.30. The Bertz CT molecular complexity index is 747. The monoisotopic (exact) mass is 329 g/mol. The smallest absolute Gasteiger partial charge is 0.277 e. The van der Waals surface area contributed by atoms with E-state index in [0.29, 0.717) is 0 Å². The maximum atomic E-state index is 12.1. The third kappa shape index (κ3) is 4.32. The van der Waals surface area contributed by atoms with Crippen molar-refractivity contribution in [3.63, 3.8) is 0 Å². The van der Waals surface area contributed by atoms with Gasteiger partial charge in [0, 0.05) is 5.69 Å². The predicted octanol–water partition coefficient (Wildman–Crippen LogP) is 5.68. The first-order valence-corrected chi connectivity index (χ1v) is 8.01. The van der Waals surface area contributed by atoms with Crippen LogP contribution in [0, 0.1) is 0 Å². The first-order valence-electron chi connectivity index (χ1n) is 7.56. The van der Waals surface area contributed by atoms with Crippen molar-refractivity contribution in [3.8, 4) is 0 Å². The molecule has 0 fully saturated rings. The minimum atomic E-state index is -0.825. The number of benzene rings is 2. The predicted molar refractivity (Wildman–Crippen MR) is 99.5 cm³/mol. The van der Waals surface area contributed by atoms with Crippen LogP contribution in [0.3, 0.4) is 0 Å². The van der Waals surface area contributed by atoms with Crippen molar-refractivity contribution in [2.45, 2.75) is 45.8 Å². The van der Waals surface area contributed by atoms with Crippen molar-refractivity contribution in [1.29, 1.82) is 0 Å². The summed E-state index contributed by atoms with van der Waals surface area (Å²) in [6.45, 7) is 9.61. The van der Waals surface area contributed by atoms with Gasteiger partial charge < -0.3 is 0 Å². The molecule has 0 saturated heterocycles. The normalized spacial score (nSPS) is 12.8. The van der Waals surface area contributed by atoms with Crippen molar-refractivity contribution in [2.24, 2.45) is 10.2 Å². The van der Waals surface area contributed by atoms with Gasteiger partial charge in [-0.15, -0.1) is 0 Å². The van der Waals surface area contributed by atoms with Gasteiger partial charge in [0.05, 0.1) is 5.54 Å². The third-order valence-corrected chi connectivity index (χ3v) is 3.52. The third-order valence-electron chi connectivity index (χ3n) is 3.32. The molecule has 0 aliphatic heterocycles. The fourth-order valence-corrected chi connectivity index (χ4v) is 2.65. The van der Waals surface area contributed by atoms with E-state index >= 15 is 0 Å². The van der Waals surface area contributed by atoms with E-state index in [1.807, 2.05) is 77.1 Å². The molecule has 0 aliphatic carbocycles. The van der Waals surface area contributed by atoms with Crippen LogP contribution >= 0.6 is 12.6 Å². The summed E-state index contributed by atoms with van der Waals surface area (Å²) in [5.41, 5.74) is -0.373. The van der Waals surface area contributed by atoms with Crippen molar-refractivity contribution in [2.75, 3.05) is 4.90 Å². The topological polar surface area (TPSA) is 45.0 Å². The lowest BCUT2D eigenvalue weighted by atomic mass is 10.1. The molecule has 23 heavy (non-hydrogen) atoms. The summed E-state index contributed by atoms with van der Waals surface area (Å²) in [6.07, 6.45) is 0. The van der Waals surface area contributed by atoms with Gasteiger partial charge in [-0.1, -0.05) is 43.0 Å². The molecule has 0 unspecified atom stereocenters.